The molecule has 0 spiro atoms. The standard InChI is InChI=1S/C16H21N3O2/c1-12(2)14-18-9-10-19(14)11-16(17-3,15(20)21)13-7-5-4-6-8-13/h4-10,12,17H,11H2,1-3H3,(H,20,21). The summed E-state index contributed by atoms with van der Waals surface area (Å²) in [5, 5.41) is 12.8. The highest BCUT2D eigenvalue weighted by Crippen LogP contribution is 2.25. The molecule has 1 heterocycles. The first-order valence-electron chi connectivity index (χ1n) is 7.00. The van der Waals surface area contributed by atoms with E-state index in [0.717, 1.165) is 11.4 Å². The molecular weight excluding hydrogens is 266 g/mol. The fourth-order valence-electron chi connectivity index (χ4n) is 2.55. The molecule has 1 unspecified atom stereocenters. The molecule has 1 aromatic heterocycles. The van der Waals surface area contributed by atoms with Gasteiger partial charge < -0.3 is 9.67 Å². The van der Waals surface area contributed by atoms with E-state index >= 15 is 0 Å². The Labute approximate surface area is 124 Å². The van der Waals surface area contributed by atoms with Crippen LogP contribution in [0.25, 0.3) is 0 Å². The number of nitrogens with one attached hydrogen (secondary N) is 1. The smallest absolute Gasteiger partial charge is 0.330 e. The van der Waals surface area contributed by atoms with Gasteiger partial charge in [-0.05, 0) is 12.6 Å². The highest BCUT2D eigenvalue weighted by Gasteiger charge is 2.39. The molecule has 112 valence electrons. The normalized spacial score (nSPS) is 14.1. The molecule has 0 amide bonds. The first kappa shape index (κ1) is 15.3. The lowest BCUT2D eigenvalue weighted by Gasteiger charge is -2.31. The van der Waals surface area contributed by atoms with Crippen molar-refractivity contribution in [3.05, 3.63) is 54.1 Å². The lowest BCUT2D eigenvalue weighted by atomic mass is 9.89. The molecule has 21 heavy (non-hydrogen) atoms. The lowest BCUT2D eigenvalue weighted by molar-refractivity contribution is -0.146. The van der Waals surface area contributed by atoms with Crippen LogP contribution in [0.15, 0.2) is 42.7 Å². The van der Waals surface area contributed by atoms with Crippen molar-refractivity contribution in [3.8, 4) is 0 Å². The van der Waals surface area contributed by atoms with E-state index in [1.165, 1.54) is 0 Å². The zero-order chi connectivity index (χ0) is 15.5. The summed E-state index contributed by atoms with van der Waals surface area (Å²) in [4.78, 5) is 16.3. The molecule has 5 nitrogen and oxygen atoms in total. The number of hydrogen-bond acceptors (Lipinski definition) is 3. The molecule has 2 N–H and O–H groups in total. The van der Waals surface area contributed by atoms with Gasteiger partial charge in [-0.25, -0.2) is 9.78 Å². The van der Waals surface area contributed by atoms with Crippen molar-refractivity contribution in [2.45, 2.75) is 31.8 Å². The maximum atomic E-state index is 12.0. The fourth-order valence-corrected chi connectivity index (χ4v) is 2.55. The van der Waals surface area contributed by atoms with Crippen molar-refractivity contribution in [3.63, 3.8) is 0 Å². The summed E-state index contributed by atoms with van der Waals surface area (Å²) in [6.07, 6.45) is 3.54. The number of likely N-dealkylation sites (N-methyl/N-ethyl adjacent to an activating group) is 1. The van der Waals surface area contributed by atoms with E-state index in [1.807, 2.05) is 54.9 Å². The van der Waals surface area contributed by atoms with Gasteiger partial charge in [0.25, 0.3) is 0 Å². The number of nitrogens with zero attached hydrogens (tertiary/aromatic N) is 2. The molecule has 0 bridgehead atoms. The molecule has 2 rings (SSSR count). The average Bonchev–Trinajstić information content (AvgIpc) is 2.93. The Kier molecular flexibility index (Phi) is 4.43. The molecule has 1 aromatic carbocycles. The Hall–Kier alpha value is -2.14. The van der Waals surface area contributed by atoms with Crippen LogP contribution in [0.1, 0.15) is 31.2 Å². The van der Waals surface area contributed by atoms with Crippen LogP contribution >= 0.6 is 0 Å². The minimum Gasteiger partial charge on any atom is -0.480 e. The Morgan fingerprint density at radius 2 is 2.05 bits per heavy atom. The number of aliphatic carboxylic acids is 1. The van der Waals surface area contributed by atoms with Gasteiger partial charge in [-0.2, -0.15) is 0 Å². The van der Waals surface area contributed by atoms with Gasteiger partial charge in [-0.3, -0.25) is 5.32 Å². The van der Waals surface area contributed by atoms with E-state index in [-0.39, 0.29) is 12.5 Å². The largest absolute Gasteiger partial charge is 0.480 e. The second kappa shape index (κ2) is 6.10. The minimum atomic E-state index is -1.17. The topological polar surface area (TPSA) is 67.2 Å². The van der Waals surface area contributed by atoms with Crippen LogP contribution in [-0.2, 0) is 16.9 Å². The van der Waals surface area contributed by atoms with Crippen LogP contribution in [0.3, 0.4) is 0 Å². The predicted molar refractivity (Wildman–Crippen MR) is 81.1 cm³/mol. The van der Waals surface area contributed by atoms with Gasteiger partial charge in [0, 0.05) is 18.3 Å². The lowest BCUT2D eigenvalue weighted by Crippen LogP contribution is -2.50. The molecule has 0 radical (unpaired) electrons. The monoisotopic (exact) mass is 287 g/mol. The fraction of sp³-hybridized carbons (Fsp3) is 0.375. The number of carboxylic acids is 1. The Balaban J connectivity index is 2.47. The molecule has 0 saturated heterocycles. The minimum absolute atomic E-state index is 0.235. The Morgan fingerprint density at radius 1 is 1.38 bits per heavy atom. The quantitative estimate of drug-likeness (QED) is 0.855. The molecule has 2 aromatic rings. The van der Waals surface area contributed by atoms with E-state index in [2.05, 4.69) is 10.3 Å². The van der Waals surface area contributed by atoms with Crippen LogP contribution in [0.5, 0.6) is 0 Å². The van der Waals surface area contributed by atoms with Gasteiger partial charge in [-0.1, -0.05) is 44.2 Å². The molecule has 0 aliphatic carbocycles. The Morgan fingerprint density at radius 3 is 2.57 bits per heavy atom. The van der Waals surface area contributed by atoms with Crippen molar-refractivity contribution in [2.24, 2.45) is 0 Å². The molecule has 0 saturated carbocycles. The van der Waals surface area contributed by atoms with Crippen molar-refractivity contribution < 1.29 is 9.90 Å². The van der Waals surface area contributed by atoms with Crippen LogP contribution in [0.4, 0.5) is 0 Å². The Bertz CT molecular complexity index is 607. The first-order valence-corrected chi connectivity index (χ1v) is 7.00. The number of carboxylic acid groups (broad SMARTS) is 1. The summed E-state index contributed by atoms with van der Waals surface area (Å²) in [5.74, 6) is 0.213. The number of rotatable bonds is 6. The first-order chi connectivity index (χ1) is 10.0. The van der Waals surface area contributed by atoms with Gasteiger partial charge in [0.05, 0.1) is 6.54 Å². The maximum absolute atomic E-state index is 12.0. The summed E-state index contributed by atoms with van der Waals surface area (Å²) in [6.45, 7) is 4.38. The van der Waals surface area contributed by atoms with Crippen LogP contribution in [-0.4, -0.2) is 27.7 Å². The third kappa shape index (κ3) is 2.83. The third-order valence-corrected chi connectivity index (χ3v) is 3.73. The summed E-state index contributed by atoms with van der Waals surface area (Å²) >= 11 is 0. The van der Waals surface area contributed by atoms with E-state index < -0.39 is 11.5 Å². The number of carbonyl (C=O) groups is 1. The number of hydrogen-bond donors (Lipinski definition) is 2. The van der Waals surface area contributed by atoms with E-state index in [4.69, 9.17) is 0 Å². The van der Waals surface area contributed by atoms with E-state index in [1.54, 1.807) is 13.2 Å². The van der Waals surface area contributed by atoms with Gasteiger partial charge >= 0.3 is 5.97 Å². The molecule has 0 fully saturated rings. The molecule has 1 atom stereocenters. The van der Waals surface area contributed by atoms with Crippen molar-refractivity contribution >= 4 is 5.97 Å². The highest BCUT2D eigenvalue weighted by molar-refractivity contribution is 5.80. The van der Waals surface area contributed by atoms with Crippen molar-refractivity contribution in [1.29, 1.82) is 0 Å². The van der Waals surface area contributed by atoms with Gasteiger partial charge in [-0.15, -0.1) is 0 Å². The van der Waals surface area contributed by atoms with Crippen LogP contribution < -0.4 is 5.32 Å². The van der Waals surface area contributed by atoms with Gasteiger partial charge in [0.2, 0.25) is 0 Å². The zero-order valence-electron chi connectivity index (χ0n) is 12.6. The van der Waals surface area contributed by atoms with Gasteiger partial charge in [0.15, 0.2) is 5.54 Å². The van der Waals surface area contributed by atoms with Crippen LogP contribution in [0, 0.1) is 0 Å². The molecular formula is C16H21N3O2. The van der Waals surface area contributed by atoms with Crippen LogP contribution in [0.2, 0.25) is 0 Å². The third-order valence-electron chi connectivity index (χ3n) is 3.73. The average molecular weight is 287 g/mol. The molecule has 0 aliphatic heterocycles. The predicted octanol–water partition coefficient (Wildman–Crippen LogP) is 2.21. The van der Waals surface area contributed by atoms with Crippen molar-refractivity contribution in [2.75, 3.05) is 7.05 Å². The maximum Gasteiger partial charge on any atom is 0.330 e. The SMILES string of the molecule is CNC(Cn1ccnc1C(C)C)(C(=O)O)c1ccccc1. The van der Waals surface area contributed by atoms with E-state index in [9.17, 15) is 9.90 Å². The summed E-state index contributed by atoms with van der Waals surface area (Å²) in [5.41, 5.74) is -0.450. The second-order valence-electron chi connectivity index (χ2n) is 5.39. The molecule has 0 aliphatic rings. The second-order valence-corrected chi connectivity index (χ2v) is 5.39. The highest BCUT2D eigenvalue weighted by atomic mass is 16.4. The summed E-state index contributed by atoms with van der Waals surface area (Å²) < 4.78 is 1.91. The van der Waals surface area contributed by atoms with Crippen molar-refractivity contribution in [1.82, 2.24) is 14.9 Å². The number of imidazole rings is 1. The number of benzene rings is 1. The zero-order valence-corrected chi connectivity index (χ0v) is 12.6. The molecule has 5 heteroatoms. The number of aromatic nitrogens is 2. The summed E-state index contributed by atoms with van der Waals surface area (Å²) in [6, 6.07) is 9.24. The van der Waals surface area contributed by atoms with E-state index in [0.29, 0.717) is 0 Å². The van der Waals surface area contributed by atoms with Gasteiger partial charge in [0.1, 0.15) is 5.82 Å². The summed E-state index contributed by atoms with van der Waals surface area (Å²) in [7, 11) is 1.67.